The lowest BCUT2D eigenvalue weighted by molar-refractivity contribution is 0.0669. The Morgan fingerprint density at radius 2 is 2.50 bits per heavy atom. The van der Waals surface area contributed by atoms with Crippen LogP contribution in [0, 0.1) is 5.92 Å². The van der Waals surface area contributed by atoms with Crippen LogP contribution in [0.4, 0.5) is 0 Å². The summed E-state index contributed by atoms with van der Waals surface area (Å²) in [7, 11) is 0. The molecule has 0 bridgehead atoms. The van der Waals surface area contributed by atoms with Gasteiger partial charge in [0.15, 0.2) is 0 Å². The van der Waals surface area contributed by atoms with Crippen LogP contribution in [-0.4, -0.2) is 30.4 Å². The first-order valence-corrected chi connectivity index (χ1v) is 5.83. The molecule has 1 aliphatic rings. The molecule has 2 rings (SSSR count). The first kappa shape index (κ1) is 11.2. The normalized spacial score (nSPS) is 21.1. The Balaban J connectivity index is 1.96. The zero-order chi connectivity index (χ0) is 11.4. The number of rotatable bonds is 3. The van der Waals surface area contributed by atoms with Crippen molar-refractivity contribution in [3.8, 4) is 0 Å². The number of nitrogens with two attached hydrogens (primary N) is 1. The monoisotopic (exact) mass is 222 g/mol. The van der Waals surface area contributed by atoms with Crippen molar-refractivity contribution in [2.45, 2.75) is 19.3 Å². The second-order valence-electron chi connectivity index (χ2n) is 4.35. The third-order valence-corrected chi connectivity index (χ3v) is 3.15. The van der Waals surface area contributed by atoms with Crippen molar-refractivity contribution in [3.63, 3.8) is 0 Å². The largest absolute Gasteiger partial charge is 0.472 e. The minimum Gasteiger partial charge on any atom is -0.472 e. The van der Waals surface area contributed by atoms with Gasteiger partial charge in [0.05, 0.1) is 11.8 Å². The molecule has 0 radical (unpaired) electrons. The highest BCUT2D eigenvalue weighted by Crippen LogP contribution is 2.20. The van der Waals surface area contributed by atoms with E-state index in [1.165, 1.54) is 18.9 Å². The maximum Gasteiger partial charge on any atom is 0.257 e. The van der Waals surface area contributed by atoms with Gasteiger partial charge in [0.2, 0.25) is 0 Å². The number of carbonyl (C=O) groups is 1. The van der Waals surface area contributed by atoms with E-state index in [1.807, 2.05) is 4.90 Å². The Kier molecular flexibility index (Phi) is 3.62. The fraction of sp³-hybridized carbons (Fsp3) is 0.583. The molecule has 0 aromatic carbocycles. The van der Waals surface area contributed by atoms with E-state index in [2.05, 4.69) is 0 Å². The van der Waals surface area contributed by atoms with Crippen molar-refractivity contribution in [1.82, 2.24) is 4.90 Å². The zero-order valence-corrected chi connectivity index (χ0v) is 9.39. The first-order chi connectivity index (χ1) is 7.81. The van der Waals surface area contributed by atoms with Gasteiger partial charge in [-0.3, -0.25) is 4.79 Å². The van der Waals surface area contributed by atoms with E-state index in [1.54, 1.807) is 6.07 Å². The molecule has 0 aliphatic carbocycles. The molecule has 1 saturated heterocycles. The van der Waals surface area contributed by atoms with Crippen LogP contribution in [0.5, 0.6) is 0 Å². The van der Waals surface area contributed by atoms with E-state index in [9.17, 15) is 4.79 Å². The van der Waals surface area contributed by atoms with Gasteiger partial charge in [-0.25, -0.2) is 0 Å². The molecule has 1 unspecified atom stereocenters. The highest BCUT2D eigenvalue weighted by molar-refractivity contribution is 5.93. The van der Waals surface area contributed by atoms with Crippen molar-refractivity contribution in [1.29, 1.82) is 0 Å². The van der Waals surface area contributed by atoms with E-state index in [0.717, 1.165) is 25.9 Å². The number of nitrogens with zero attached hydrogens (tertiary/aromatic N) is 1. The molecule has 1 atom stereocenters. The predicted molar refractivity (Wildman–Crippen MR) is 61.0 cm³/mol. The standard InChI is InChI=1S/C12H18N2O2/c13-5-3-10-2-1-6-14(8-10)12(15)11-4-7-16-9-11/h4,7,9-10H,1-3,5-6,8,13H2. The molecule has 1 aromatic rings. The molecule has 1 aromatic heterocycles. The zero-order valence-electron chi connectivity index (χ0n) is 9.39. The quantitative estimate of drug-likeness (QED) is 0.842. The highest BCUT2D eigenvalue weighted by Gasteiger charge is 2.24. The lowest BCUT2D eigenvalue weighted by Gasteiger charge is -2.32. The van der Waals surface area contributed by atoms with Crippen LogP contribution in [0.3, 0.4) is 0 Å². The van der Waals surface area contributed by atoms with E-state index in [0.29, 0.717) is 18.0 Å². The van der Waals surface area contributed by atoms with E-state index in [-0.39, 0.29) is 5.91 Å². The Labute approximate surface area is 95.4 Å². The number of piperidine rings is 1. The first-order valence-electron chi connectivity index (χ1n) is 5.83. The summed E-state index contributed by atoms with van der Waals surface area (Å²) in [4.78, 5) is 14.0. The van der Waals surface area contributed by atoms with Crippen LogP contribution in [0.2, 0.25) is 0 Å². The lowest BCUT2D eigenvalue weighted by Crippen LogP contribution is -2.40. The smallest absolute Gasteiger partial charge is 0.257 e. The lowest BCUT2D eigenvalue weighted by atomic mass is 9.94. The molecule has 16 heavy (non-hydrogen) atoms. The third-order valence-electron chi connectivity index (χ3n) is 3.15. The van der Waals surface area contributed by atoms with Crippen molar-refractivity contribution in [2.24, 2.45) is 11.7 Å². The number of furan rings is 1. The molecule has 1 fully saturated rings. The summed E-state index contributed by atoms with van der Waals surface area (Å²) in [5.74, 6) is 0.644. The Morgan fingerprint density at radius 3 is 3.19 bits per heavy atom. The predicted octanol–water partition coefficient (Wildman–Crippen LogP) is 1.48. The number of likely N-dealkylation sites (tertiary alicyclic amines) is 1. The second kappa shape index (κ2) is 5.16. The summed E-state index contributed by atoms with van der Waals surface area (Å²) in [6, 6.07) is 1.72. The molecule has 4 heteroatoms. The van der Waals surface area contributed by atoms with Gasteiger partial charge in [-0.05, 0) is 37.8 Å². The topological polar surface area (TPSA) is 59.5 Å². The van der Waals surface area contributed by atoms with Gasteiger partial charge < -0.3 is 15.1 Å². The van der Waals surface area contributed by atoms with Crippen LogP contribution >= 0.6 is 0 Å². The van der Waals surface area contributed by atoms with Crippen LogP contribution in [0.25, 0.3) is 0 Å². The number of amides is 1. The maximum atomic E-state index is 12.0. The Morgan fingerprint density at radius 1 is 1.62 bits per heavy atom. The van der Waals surface area contributed by atoms with Crippen LogP contribution in [0.15, 0.2) is 23.0 Å². The summed E-state index contributed by atoms with van der Waals surface area (Å²) in [5, 5.41) is 0. The van der Waals surface area contributed by atoms with Crippen molar-refractivity contribution >= 4 is 5.91 Å². The van der Waals surface area contributed by atoms with Gasteiger partial charge >= 0.3 is 0 Å². The van der Waals surface area contributed by atoms with E-state index >= 15 is 0 Å². The number of hydrogen-bond donors (Lipinski definition) is 1. The second-order valence-corrected chi connectivity index (χ2v) is 4.35. The van der Waals surface area contributed by atoms with Crippen LogP contribution < -0.4 is 5.73 Å². The van der Waals surface area contributed by atoms with Gasteiger partial charge in [0.25, 0.3) is 5.91 Å². The van der Waals surface area contributed by atoms with E-state index in [4.69, 9.17) is 10.2 Å². The SMILES string of the molecule is NCCC1CCCN(C(=O)c2ccoc2)C1. The van der Waals surface area contributed by atoms with E-state index < -0.39 is 0 Å². The third kappa shape index (κ3) is 2.44. The summed E-state index contributed by atoms with van der Waals surface area (Å²) < 4.78 is 4.93. The highest BCUT2D eigenvalue weighted by atomic mass is 16.3. The van der Waals surface area contributed by atoms with Crippen molar-refractivity contribution in [3.05, 3.63) is 24.2 Å². The van der Waals surface area contributed by atoms with Gasteiger partial charge in [-0.2, -0.15) is 0 Å². The molecular weight excluding hydrogens is 204 g/mol. The van der Waals surface area contributed by atoms with Gasteiger partial charge in [0, 0.05) is 13.1 Å². The Bertz CT molecular complexity index is 333. The molecule has 0 spiro atoms. The average Bonchev–Trinajstić information content (AvgIpc) is 2.82. The molecule has 2 heterocycles. The molecule has 2 N–H and O–H groups in total. The molecule has 1 aliphatic heterocycles. The summed E-state index contributed by atoms with van der Waals surface area (Å²) >= 11 is 0. The molecular formula is C12H18N2O2. The van der Waals surface area contributed by atoms with Gasteiger partial charge in [-0.15, -0.1) is 0 Å². The van der Waals surface area contributed by atoms with Crippen molar-refractivity contribution in [2.75, 3.05) is 19.6 Å². The minimum atomic E-state index is 0.0791. The van der Waals surface area contributed by atoms with Crippen LogP contribution in [-0.2, 0) is 0 Å². The maximum absolute atomic E-state index is 12.0. The molecule has 1 amide bonds. The Hall–Kier alpha value is -1.29. The molecule has 88 valence electrons. The fourth-order valence-electron chi connectivity index (χ4n) is 2.29. The summed E-state index contributed by atoms with van der Waals surface area (Å²) in [5.41, 5.74) is 6.20. The van der Waals surface area contributed by atoms with Crippen LogP contribution in [0.1, 0.15) is 29.6 Å². The number of carbonyl (C=O) groups excluding carboxylic acids is 1. The van der Waals surface area contributed by atoms with Gasteiger partial charge in [-0.1, -0.05) is 0 Å². The molecule has 4 nitrogen and oxygen atoms in total. The summed E-state index contributed by atoms with van der Waals surface area (Å²) in [6.45, 7) is 2.39. The molecule has 0 saturated carbocycles. The average molecular weight is 222 g/mol. The van der Waals surface area contributed by atoms with Gasteiger partial charge in [0.1, 0.15) is 6.26 Å². The summed E-state index contributed by atoms with van der Waals surface area (Å²) in [6.07, 6.45) is 6.32. The minimum absolute atomic E-state index is 0.0791. The number of hydrogen-bond acceptors (Lipinski definition) is 3. The van der Waals surface area contributed by atoms with Crippen molar-refractivity contribution < 1.29 is 9.21 Å². The fourth-order valence-corrected chi connectivity index (χ4v) is 2.29.